The maximum Gasteiger partial charge on any atom is 0.119 e. The van der Waals surface area contributed by atoms with Gasteiger partial charge in [-0.3, -0.25) is 0 Å². The third kappa shape index (κ3) is 5.07. The number of hydrogen-bond donors (Lipinski definition) is 1. The summed E-state index contributed by atoms with van der Waals surface area (Å²) in [6.07, 6.45) is 2.40. The SMILES string of the molecule is CCCC(C)COCC(N)c1cccc(OC)c1. The van der Waals surface area contributed by atoms with Crippen molar-refractivity contribution in [2.75, 3.05) is 20.3 Å². The molecule has 0 radical (unpaired) electrons. The zero-order valence-corrected chi connectivity index (χ0v) is 11.7. The van der Waals surface area contributed by atoms with Crippen LogP contribution in [-0.2, 0) is 4.74 Å². The normalized spacial score (nSPS) is 14.2. The Bertz CT molecular complexity index is 341. The van der Waals surface area contributed by atoms with Crippen molar-refractivity contribution in [2.45, 2.75) is 32.7 Å². The molecule has 0 saturated heterocycles. The van der Waals surface area contributed by atoms with E-state index >= 15 is 0 Å². The van der Waals surface area contributed by atoms with E-state index in [4.69, 9.17) is 15.2 Å². The lowest BCUT2D eigenvalue weighted by Crippen LogP contribution is -2.19. The van der Waals surface area contributed by atoms with E-state index < -0.39 is 0 Å². The van der Waals surface area contributed by atoms with Crippen molar-refractivity contribution in [3.8, 4) is 5.75 Å². The van der Waals surface area contributed by atoms with E-state index in [1.807, 2.05) is 24.3 Å². The summed E-state index contributed by atoms with van der Waals surface area (Å²) < 4.78 is 10.9. The van der Waals surface area contributed by atoms with Gasteiger partial charge in [-0.05, 0) is 30.0 Å². The van der Waals surface area contributed by atoms with Gasteiger partial charge in [0.15, 0.2) is 0 Å². The van der Waals surface area contributed by atoms with Gasteiger partial charge in [0, 0.05) is 6.61 Å². The number of ether oxygens (including phenoxy) is 2. The lowest BCUT2D eigenvalue weighted by Gasteiger charge is -2.16. The molecular weight excluding hydrogens is 226 g/mol. The molecule has 0 heterocycles. The maximum atomic E-state index is 6.10. The second-order valence-corrected chi connectivity index (χ2v) is 4.81. The van der Waals surface area contributed by atoms with Crippen LogP contribution in [0.3, 0.4) is 0 Å². The Kier molecular flexibility index (Phi) is 6.76. The van der Waals surface area contributed by atoms with E-state index in [-0.39, 0.29) is 6.04 Å². The summed E-state index contributed by atoms with van der Waals surface area (Å²) in [4.78, 5) is 0. The van der Waals surface area contributed by atoms with E-state index in [1.54, 1.807) is 7.11 Å². The topological polar surface area (TPSA) is 44.5 Å². The molecule has 102 valence electrons. The Balaban J connectivity index is 2.37. The fraction of sp³-hybridized carbons (Fsp3) is 0.600. The largest absolute Gasteiger partial charge is 0.497 e. The number of benzene rings is 1. The Morgan fingerprint density at radius 2 is 2.06 bits per heavy atom. The van der Waals surface area contributed by atoms with Crippen molar-refractivity contribution in [1.82, 2.24) is 0 Å². The average Bonchev–Trinajstić information content (AvgIpc) is 2.39. The van der Waals surface area contributed by atoms with E-state index in [9.17, 15) is 0 Å². The standard InChI is InChI=1S/C15H25NO2/c1-4-6-12(2)10-18-11-15(16)13-7-5-8-14(9-13)17-3/h5,7-9,12,15H,4,6,10-11,16H2,1-3H3. The smallest absolute Gasteiger partial charge is 0.119 e. The molecule has 18 heavy (non-hydrogen) atoms. The third-order valence-electron chi connectivity index (χ3n) is 3.00. The third-order valence-corrected chi connectivity index (χ3v) is 3.00. The molecule has 0 bridgehead atoms. The summed E-state index contributed by atoms with van der Waals surface area (Å²) in [6.45, 7) is 5.74. The fourth-order valence-electron chi connectivity index (χ4n) is 1.94. The van der Waals surface area contributed by atoms with Gasteiger partial charge in [0.25, 0.3) is 0 Å². The molecule has 2 N–H and O–H groups in total. The molecule has 3 heteroatoms. The predicted octanol–water partition coefficient (Wildman–Crippen LogP) is 3.15. The minimum atomic E-state index is -0.0890. The molecule has 0 aromatic heterocycles. The molecule has 1 aromatic rings. The summed E-state index contributed by atoms with van der Waals surface area (Å²) in [5.41, 5.74) is 7.15. The van der Waals surface area contributed by atoms with Crippen LogP contribution in [0.25, 0.3) is 0 Å². The first kappa shape index (κ1) is 15.0. The van der Waals surface area contributed by atoms with Crippen LogP contribution in [0.4, 0.5) is 0 Å². The summed E-state index contributed by atoms with van der Waals surface area (Å²) >= 11 is 0. The number of nitrogens with two attached hydrogens (primary N) is 1. The monoisotopic (exact) mass is 251 g/mol. The van der Waals surface area contributed by atoms with Crippen LogP contribution in [-0.4, -0.2) is 20.3 Å². The van der Waals surface area contributed by atoms with Crippen molar-refractivity contribution >= 4 is 0 Å². The van der Waals surface area contributed by atoms with Gasteiger partial charge in [-0.15, -0.1) is 0 Å². The summed E-state index contributed by atoms with van der Waals surface area (Å²) in [7, 11) is 1.66. The fourth-order valence-corrected chi connectivity index (χ4v) is 1.94. The Hall–Kier alpha value is -1.06. The Morgan fingerprint density at radius 1 is 1.28 bits per heavy atom. The first-order chi connectivity index (χ1) is 8.67. The van der Waals surface area contributed by atoms with Gasteiger partial charge < -0.3 is 15.2 Å². The lowest BCUT2D eigenvalue weighted by atomic mass is 10.1. The van der Waals surface area contributed by atoms with Crippen molar-refractivity contribution in [3.05, 3.63) is 29.8 Å². The molecule has 2 unspecified atom stereocenters. The summed E-state index contributed by atoms with van der Waals surface area (Å²) in [5, 5.41) is 0. The van der Waals surface area contributed by atoms with Crippen LogP contribution in [0, 0.1) is 5.92 Å². The summed E-state index contributed by atoms with van der Waals surface area (Å²) in [6, 6.07) is 7.75. The van der Waals surface area contributed by atoms with E-state index in [0.717, 1.165) is 17.9 Å². The van der Waals surface area contributed by atoms with Crippen molar-refractivity contribution < 1.29 is 9.47 Å². The zero-order chi connectivity index (χ0) is 13.4. The molecule has 0 saturated carbocycles. The first-order valence-corrected chi connectivity index (χ1v) is 6.64. The zero-order valence-electron chi connectivity index (χ0n) is 11.7. The van der Waals surface area contributed by atoms with Gasteiger partial charge in [0.05, 0.1) is 19.8 Å². The van der Waals surface area contributed by atoms with E-state index in [1.165, 1.54) is 12.8 Å². The Morgan fingerprint density at radius 3 is 2.72 bits per heavy atom. The van der Waals surface area contributed by atoms with Gasteiger partial charge in [0.2, 0.25) is 0 Å². The number of methoxy groups -OCH3 is 1. The molecule has 0 fully saturated rings. The minimum absolute atomic E-state index is 0.0890. The molecule has 2 atom stereocenters. The van der Waals surface area contributed by atoms with Crippen LogP contribution < -0.4 is 10.5 Å². The molecule has 0 aliphatic carbocycles. The molecule has 0 aliphatic rings. The van der Waals surface area contributed by atoms with Crippen LogP contribution >= 0.6 is 0 Å². The van der Waals surface area contributed by atoms with Crippen molar-refractivity contribution in [1.29, 1.82) is 0 Å². The highest BCUT2D eigenvalue weighted by molar-refractivity contribution is 5.30. The van der Waals surface area contributed by atoms with Crippen LogP contribution in [0.5, 0.6) is 5.75 Å². The molecule has 0 aliphatic heterocycles. The second-order valence-electron chi connectivity index (χ2n) is 4.81. The van der Waals surface area contributed by atoms with Crippen LogP contribution in [0.1, 0.15) is 38.3 Å². The van der Waals surface area contributed by atoms with E-state index in [0.29, 0.717) is 12.5 Å². The maximum absolute atomic E-state index is 6.10. The molecule has 0 spiro atoms. The molecule has 3 nitrogen and oxygen atoms in total. The van der Waals surface area contributed by atoms with Crippen molar-refractivity contribution in [2.24, 2.45) is 11.7 Å². The second kappa shape index (κ2) is 8.11. The number of hydrogen-bond acceptors (Lipinski definition) is 3. The lowest BCUT2D eigenvalue weighted by molar-refractivity contribution is 0.0908. The average molecular weight is 251 g/mol. The highest BCUT2D eigenvalue weighted by Gasteiger charge is 2.08. The van der Waals surface area contributed by atoms with Crippen molar-refractivity contribution in [3.63, 3.8) is 0 Å². The predicted molar refractivity (Wildman–Crippen MR) is 74.8 cm³/mol. The van der Waals surface area contributed by atoms with Crippen LogP contribution in [0.2, 0.25) is 0 Å². The highest BCUT2D eigenvalue weighted by Crippen LogP contribution is 2.18. The number of rotatable bonds is 8. The van der Waals surface area contributed by atoms with Gasteiger partial charge in [-0.25, -0.2) is 0 Å². The van der Waals surface area contributed by atoms with Gasteiger partial charge >= 0.3 is 0 Å². The molecular formula is C15H25NO2. The molecule has 1 aromatic carbocycles. The van der Waals surface area contributed by atoms with Gasteiger partial charge in [-0.1, -0.05) is 32.4 Å². The Labute approximate surface area is 110 Å². The van der Waals surface area contributed by atoms with Gasteiger partial charge in [0.1, 0.15) is 5.75 Å². The summed E-state index contributed by atoms with van der Waals surface area (Å²) in [5.74, 6) is 1.44. The van der Waals surface area contributed by atoms with E-state index in [2.05, 4.69) is 13.8 Å². The molecule has 0 amide bonds. The van der Waals surface area contributed by atoms with Crippen LogP contribution in [0.15, 0.2) is 24.3 Å². The quantitative estimate of drug-likeness (QED) is 0.772. The highest BCUT2D eigenvalue weighted by atomic mass is 16.5. The first-order valence-electron chi connectivity index (χ1n) is 6.64. The van der Waals surface area contributed by atoms with Gasteiger partial charge in [-0.2, -0.15) is 0 Å². The molecule has 1 rings (SSSR count). The minimum Gasteiger partial charge on any atom is -0.497 e.